The summed E-state index contributed by atoms with van der Waals surface area (Å²) in [4.78, 5) is 4.02. The van der Waals surface area contributed by atoms with Crippen molar-refractivity contribution >= 4 is 27.3 Å². The molecule has 4 heteroatoms. The van der Waals surface area contributed by atoms with Crippen molar-refractivity contribution in [3.8, 4) is 0 Å². The third kappa shape index (κ3) is 3.46. The summed E-state index contributed by atoms with van der Waals surface area (Å²) >= 11 is 3.45. The lowest BCUT2D eigenvalue weighted by Crippen LogP contribution is -2.05. The summed E-state index contributed by atoms with van der Waals surface area (Å²) in [7, 11) is 0. The van der Waals surface area contributed by atoms with Crippen molar-refractivity contribution in [3.63, 3.8) is 0 Å². The summed E-state index contributed by atoms with van der Waals surface area (Å²) in [6, 6.07) is 9.92. The molecule has 0 radical (unpaired) electrons. The molecule has 0 spiro atoms. The molecule has 17 heavy (non-hydrogen) atoms. The Labute approximate surface area is 109 Å². The maximum absolute atomic E-state index is 5.64. The first kappa shape index (κ1) is 11.9. The molecule has 0 unspecified atom stereocenters. The monoisotopic (exact) mass is 291 g/mol. The van der Waals surface area contributed by atoms with E-state index < -0.39 is 0 Å². The minimum atomic E-state index is 0.804. The Kier molecular flexibility index (Phi) is 3.98. The Morgan fingerprint density at radius 2 is 1.94 bits per heavy atom. The standard InChI is InChI=1S/C13H14BrN3/c14-12-9-16-7-6-13(12)17-8-5-10-1-3-11(15)4-2-10/h1-4,6-7,9H,5,8,15H2,(H,16,17). The minimum absolute atomic E-state index is 0.804. The summed E-state index contributed by atoms with van der Waals surface area (Å²) in [5.41, 5.74) is 8.78. The molecule has 0 aliphatic rings. The molecule has 0 bridgehead atoms. The van der Waals surface area contributed by atoms with Gasteiger partial charge in [-0.25, -0.2) is 0 Å². The van der Waals surface area contributed by atoms with Crippen LogP contribution in [0.15, 0.2) is 47.2 Å². The maximum atomic E-state index is 5.64. The van der Waals surface area contributed by atoms with Gasteiger partial charge in [0.25, 0.3) is 0 Å². The maximum Gasteiger partial charge on any atom is 0.0590 e. The van der Waals surface area contributed by atoms with Crippen molar-refractivity contribution < 1.29 is 0 Å². The lowest BCUT2D eigenvalue weighted by Gasteiger charge is -2.08. The van der Waals surface area contributed by atoms with Crippen LogP contribution in [0.2, 0.25) is 0 Å². The molecule has 3 N–H and O–H groups in total. The van der Waals surface area contributed by atoms with Gasteiger partial charge in [0.15, 0.2) is 0 Å². The van der Waals surface area contributed by atoms with E-state index in [1.165, 1.54) is 5.56 Å². The quantitative estimate of drug-likeness (QED) is 0.851. The van der Waals surface area contributed by atoms with Crippen molar-refractivity contribution in [3.05, 3.63) is 52.8 Å². The summed E-state index contributed by atoms with van der Waals surface area (Å²) in [5.74, 6) is 0. The highest BCUT2D eigenvalue weighted by atomic mass is 79.9. The third-order valence-electron chi connectivity index (χ3n) is 2.48. The van der Waals surface area contributed by atoms with E-state index in [1.54, 1.807) is 12.4 Å². The molecule has 88 valence electrons. The predicted octanol–water partition coefficient (Wildman–Crippen LogP) is 3.08. The molecule has 0 saturated heterocycles. The van der Waals surface area contributed by atoms with Crippen LogP contribution in [0.1, 0.15) is 5.56 Å². The van der Waals surface area contributed by atoms with Crippen LogP contribution in [0, 0.1) is 0 Å². The number of aromatic nitrogens is 1. The molecule has 1 aromatic carbocycles. The van der Waals surface area contributed by atoms with Crippen molar-refractivity contribution in [1.82, 2.24) is 4.98 Å². The molecule has 2 rings (SSSR count). The van der Waals surface area contributed by atoms with Gasteiger partial charge in [0.1, 0.15) is 0 Å². The lowest BCUT2D eigenvalue weighted by molar-refractivity contribution is 1.02. The van der Waals surface area contributed by atoms with Crippen LogP contribution in [0.3, 0.4) is 0 Å². The number of nitrogens with zero attached hydrogens (tertiary/aromatic N) is 1. The first-order chi connectivity index (χ1) is 8.25. The minimum Gasteiger partial charge on any atom is -0.399 e. The molecule has 0 atom stereocenters. The fraction of sp³-hybridized carbons (Fsp3) is 0.154. The Hall–Kier alpha value is -1.55. The number of nitrogens with one attached hydrogen (secondary N) is 1. The number of halogens is 1. The number of hydrogen-bond donors (Lipinski definition) is 2. The summed E-state index contributed by atoms with van der Waals surface area (Å²) in [6.07, 6.45) is 4.52. The van der Waals surface area contributed by atoms with Crippen LogP contribution >= 0.6 is 15.9 Å². The van der Waals surface area contributed by atoms with Crippen molar-refractivity contribution in [2.75, 3.05) is 17.6 Å². The van der Waals surface area contributed by atoms with E-state index in [1.807, 2.05) is 18.2 Å². The van der Waals surface area contributed by atoms with Crippen LogP contribution in [-0.2, 0) is 6.42 Å². The second kappa shape index (κ2) is 5.68. The highest BCUT2D eigenvalue weighted by Gasteiger charge is 1.98. The zero-order valence-electron chi connectivity index (χ0n) is 9.36. The van der Waals surface area contributed by atoms with E-state index in [0.717, 1.165) is 28.8 Å². The molecule has 2 aromatic rings. The van der Waals surface area contributed by atoms with Crippen LogP contribution in [-0.4, -0.2) is 11.5 Å². The van der Waals surface area contributed by atoms with Gasteiger partial charge in [0.2, 0.25) is 0 Å². The molecule has 0 saturated carbocycles. The van der Waals surface area contributed by atoms with E-state index in [4.69, 9.17) is 5.73 Å². The van der Waals surface area contributed by atoms with E-state index in [9.17, 15) is 0 Å². The summed E-state index contributed by atoms with van der Waals surface area (Å²) in [5, 5.41) is 3.36. The highest BCUT2D eigenvalue weighted by molar-refractivity contribution is 9.10. The fourth-order valence-electron chi connectivity index (χ4n) is 1.54. The number of nitrogen functional groups attached to an aromatic ring is 1. The van der Waals surface area contributed by atoms with Gasteiger partial charge in [-0.05, 0) is 46.1 Å². The van der Waals surface area contributed by atoms with Gasteiger partial charge in [-0.1, -0.05) is 12.1 Å². The topological polar surface area (TPSA) is 50.9 Å². The Morgan fingerprint density at radius 3 is 2.65 bits per heavy atom. The smallest absolute Gasteiger partial charge is 0.0590 e. The molecule has 1 aromatic heterocycles. The first-order valence-corrected chi connectivity index (χ1v) is 6.23. The molecule has 0 aliphatic heterocycles. The number of pyridine rings is 1. The molecule has 0 aliphatic carbocycles. The second-order valence-electron chi connectivity index (χ2n) is 3.77. The highest BCUT2D eigenvalue weighted by Crippen LogP contribution is 2.19. The van der Waals surface area contributed by atoms with Gasteiger partial charge >= 0.3 is 0 Å². The largest absolute Gasteiger partial charge is 0.399 e. The third-order valence-corrected chi connectivity index (χ3v) is 3.11. The normalized spacial score (nSPS) is 10.2. The average Bonchev–Trinajstić information content (AvgIpc) is 2.34. The number of rotatable bonds is 4. The molecule has 0 amide bonds. The van der Waals surface area contributed by atoms with Crippen molar-refractivity contribution in [1.29, 1.82) is 0 Å². The fourth-order valence-corrected chi connectivity index (χ4v) is 1.93. The van der Waals surface area contributed by atoms with Gasteiger partial charge in [-0.15, -0.1) is 0 Å². The van der Waals surface area contributed by atoms with Gasteiger partial charge in [0.05, 0.1) is 10.2 Å². The van der Waals surface area contributed by atoms with Crippen LogP contribution in [0.25, 0.3) is 0 Å². The Morgan fingerprint density at radius 1 is 1.18 bits per heavy atom. The van der Waals surface area contributed by atoms with Gasteiger partial charge in [-0.3, -0.25) is 4.98 Å². The zero-order chi connectivity index (χ0) is 12.1. The SMILES string of the molecule is Nc1ccc(CCNc2ccncc2Br)cc1. The van der Waals surface area contributed by atoms with Crippen LogP contribution in [0.5, 0.6) is 0 Å². The molecular weight excluding hydrogens is 278 g/mol. The van der Waals surface area contributed by atoms with Crippen molar-refractivity contribution in [2.45, 2.75) is 6.42 Å². The molecule has 1 heterocycles. The number of benzene rings is 1. The number of hydrogen-bond acceptors (Lipinski definition) is 3. The predicted molar refractivity (Wildman–Crippen MR) is 75.0 cm³/mol. The molecule has 3 nitrogen and oxygen atoms in total. The molecule has 0 fully saturated rings. The zero-order valence-corrected chi connectivity index (χ0v) is 10.9. The number of anilines is 2. The van der Waals surface area contributed by atoms with Gasteiger partial charge in [-0.2, -0.15) is 0 Å². The Balaban J connectivity index is 1.88. The summed E-state index contributed by atoms with van der Waals surface area (Å²) in [6.45, 7) is 0.881. The van der Waals surface area contributed by atoms with Gasteiger partial charge < -0.3 is 11.1 Å². The second-order valence-corrected chi connectivity index (χ2v) is 4.63. The number of nitrogens with two attached hydrogens (primary N) is 1. The average molecular weight is 292 g/mol. The first-order valence-electron chi connectivity index (χ1n) is 5.43. The van der Waals surface area contributed by atoms with E-state index in [-0.39, 0.29) is 0 Å². The van der Waals surface area contributed by atoms with E-state index >= 15 is 0 Å². The van der Waals surface area contributed by atoms with E-state index in [2.05, 4.69) is 38.4 Å². The van der Waals surface area contributed by atoms with Crippen LogP contribution in [0.4, 0.5) is 11.4 Å². The Bertz CT molecular complexity index is 482. The van der Waals surface area contributed by atoms with Crippen LogP contribution < -0.4 is 11.1 Å². The van der Waals surface area contributed by atoms with Crippen molar-refractivity contribution in [2.24, 2.45) is 0 Å². The lowest BCUT2D eigenvalue weighted by atomic mass is 10.1. The van der Waals surface area contributed by atoms with E-state index in [0.29, 0.717) is 0 Å². The van der Waals surface area contributed by atoms with Gasteiger partial charge in [0, 0.05) is 24.6 Å². The molecular formula is C13H14BrN3. The summed E-state index contributed by atoms with van der Waals surface area (Å²) < 4.78 is 0.984.